The molecule has 0 atom stereocenters. The Labute approximate surface area is 83.9 Å². The predicted octanol–water partition coefficient (Wildman–Crippen LogP) is -0.720. The molecule has 0 heterocycles. The van der Waals surface area contributed by atoms with Gasteiger partial charge in [0.2, 0.25) is 0 Å². The normalized spacial score (nSPS) is 0.556. The van der Waals surface area contributed by atoms with Crippen molar-refractivity contribution >= 4 is 0 Å². The van der Waals surface area contributed by atoms with E-state index in [1.54, 1.807) is 0 Å². The molecular weight excluding hydrogens is 257 g/mol. The van der Waals surface area contributed by atoms with Crippen LogP contribution in [0, 0.1) is 0 Å². The molecular formula is CoO6V2-10. The van der Waals surface area contributed by atoms with Gasteiger partial charge < -0.3 is 27.4 Å². The zero-order valence-electron chi connectivity index (χ0n) is 3.68. The van der Waals surface area contributed by atoms with Crippen molar-refractivity contribution in [2.45, 2.75) is 0 Å². The van der Waals surface area contributed by atoms with Gasteiger partial charge in [0, 0.05) is 37.1 Å². The van der Waals surface area contributed by atoms with Gasteiger partial charge in [-0.2, -0.15) is 0 Å². The Bertz CT molecular complexity index is 11.0. The van der Waals surface area contributed by atoms with E-state index in [1.807, 2.05) is 0 Å². The van der Waals surface area contributed by atoms with Crippen molar-refractivity contribution in [3.63, 3.8) is 0 Å². The molecule has 9 heavy (non-hydrogen) atoms. The first-order valence-electron chi connectivity index (χ1n) is 0.136. The van der Waals surface area contributed by atoms with Crippen LogP contribution < -0.4 is 0 Å². The molecule has 9 heteroatoms. The zero-order valence-corrected chi connectivity index (χ0v) is 7.51. The van der Waals surface area contributed by atoms with Crippen molar-refractivity contribution in [2.24, 2.45) is 0 Å². The second kappa shape index (κ2) is 391. The van der Waals surface area contributed by atoms with E-state index in [-0.39, 0.29) is 64.5 Å². The van der Waals surface area contributed by atoms with Gasteiger partial charge in [-0.25, -0.2) is 0 Å². The Kier molecular flexibility index (Phi) is 7410. The van der Waals surface area contributed by atoms with Crippen LogP contribution >= 0.6 is 0 Å². The summed E-state index contributed by atoms with van der Waals surface area (Å²) in [5, 5.41) is 0. The Balaban J connectivity index is -0.000000000238. The van der Waals surface area contributed by atoms with Gasteiger partial charge in [-0.3, -0.25) is 0 Å². The molecule has 6 nitrogen and oxygen atoms in total. The van der Waals surface area contributed by atoms with Crippen LogP contribution in [0.5, 0.6) is 0 Å². The molecule has 0 saturated carbocycles. The van der Waals surface area contributed by atoms with E-state index >= 15 is 0 Å². The summed E-state index contributed by atoms with van der Waals surface area (Å²) in [7, 11) is 0. The first kappa shape index (κ1) is 171. The first-order chi connectivity index (χ1) is 1.00. The minimum atomic E-state index is 0. The second-order valence-electron chi connectivity index (χ2n) is 0. The fourth-order valence-corrected chi connectivity index (χ4v) is 0. The summed E-state index contributed by atoms with van der Waals surface area (Å²) < 4.78 is 7.94. The fraction of sp³-hybridized carbons (Fsp3) is 0. The molecule has 0 rings (SSSR count). The zero-order chi connectivity index (χ0) is 2.00. The van der Waals surface area contributed by atoms with Crippen LogP contribution in [0.4, 0.5) is 0 Å². The summed E-state index contributed by atoms with van der Waals surface area (Å²) in [6.45, 7) is 0. The van der Waals surface area contributed by atoms with E-state index in [9.17, 15) is 0 Å². The molecule has 0 aliphatic carbocycles. The quantitative estimate of drug-likeness (QED) is 0.550. The maximum atomic E-state index is 7.94. The van der Waals surface area contributed by atoms with Crippen LogP contribution in [0.15, 0.2) is 0 Å². The second-order valence-corrected chi connectivity index (χ2v) is 0. The summed E-state index contributed by atoms with van der Waals surface area (Å²) >= 11 is 2.31. The molecule has 0 aliphatic rings. The molecule has 0 fully saturated rings. The SMILES string of the molecule is [O-2].[O-2].[O-2].[O-2].[O-2].[O]=[Co].[V].[V]. The molecule has 0 saturated heterocycles. The van der Waals surface area contributed by atoms with Crippen molar-refractivity contribution in [1.82, 2.24) is 0 Å². The molecule has 0 N–H and O–H groups in total. The van der Waals surface area contributed by atoms with Crippen LogP contribution in [0.3, 0.4) is 0 Å². The summed E-state index contributed by atoms with van der Waals surface area (Å²) in [4.78, 5) is 0. The molecule has 0 spiro atoms. The van der Waals surface area contributed by atoms with E-state index in [0.29, 0.717) is 0 Å². The minimum absolute atomic E-state index is 0. The standard InChI is InChI=1S/Co.6O.2V/q;;5*-2;;. The Morgan fingerprint density at radius 3 is 0.556 bits per heavy atom. The molecule has 0 amide bonds. The van der Waals surface area contributed by atoms with Crippen LogP contribution in [-0.4, -0.2) is 0 Å². The van der Waals surface area contributed by atoms with Crippen LogP contribution in [0.1, 0.15) is 0 Å². The van der Waals surface area contributed by atoms with Crippen LogP contribution in [-0.2, 0) is 84.0 Å². The molecule has 2 radical (unpaired) electrons. The van der Waals surface area contributed by atoms with Crippen LogP contribution in [0.2, 0.25) is 0 Å². The summed E-state index contributed by atoms with van der Waals surface area (Å²) in [5.74, 6) is 0. The number of hydrogen-bond acceptors (Lipinski definition) is 1. The Morgan fingerprint density at radius 2 is 0.556 bits per heavy atom. The van der Waals surface area contributed by atoms with E-state index in [0.717, 1.165) is 0 Å². The first-order valence-corrected chi connectivity index (χ1v) is 0.561. The molecule has 0 aromatic rings. The Morgan fingerprint density at radius 1 is 0.556 bits per heavy atom. The van der Waals surface area contributed by atoms with Gasteiger partial charge in [0.1, 0.15) is 0 Å². The van der Waals surface area contributed by atoms with E-state index in [2.05, 4.69) is 15.7 Å². The smallest absolute Gasteiger partial charge is 0 e. The van der Waals surface area contributed by atoms with Crippen molar-refractivity contribution in [3.8, 4) is 0 Å². The van der Waals surface area contributed by atoms with E-state index < -0.39 is 0 Å². The molecule has 0 bridgehead atoms. The summed E-state index contributed by atoms with van der Waals surface area (Å²) in [5.41, 5.74) is 0. The Hall–Kier alpha value is 1.28. The topological polar surface area (TPSA) is 160 Å². The van der Waals surface area contributed by atoms with Gasteiger partial charge in [-0.15, -0.1) is 0 Å². The maximum Gasteiger partial charge on any atom is 0 e. The summed E-state index contributed by atoms with van der Waals surface area (Å²) in [6, 6.07) is 0. The monoisotopic (exact) mass is 257 g/mol. The average molecular weight is 257 g/mol. The maximum absolute atomic E-state index is 7.94. The van der Waals surface area contributed by atoms with Gasteiger partial charge in [0.05, 0.1) is 0 Å². The number of hydrogen-bond donors (Lipinski definition) is 0. The largest absolute Gasteiger partial charge is 0 e. The molecule has 65 valence electrons. The van der Waals surface area contributed by atoms with Gasteiger partial charge in [-0.1, -0.05) is 0 Å². The van der Waals surface area contributed by atoms with Crippen molar-refractivity contribution in [2.75, 3.05) is 0 Å². The molecule has 0 aliphatic heterocycles. The van der Waals surface area contributed by atoms with Crippen molar-refractivity contribution < 1.29 is 84.0 Å². The molecule has 0 unspecified atom stereocenters. The van der Waals surface area contributed by atoms with Gasteiger partial charge in [0.15, 0.2) is 0 Å². The number of rotatable bonds is 0. The average Bonchev–Trinajstić information content (AvgIpc) is 1.00. The van der Waals surface area contributed by atoms with Gasteiger partial charge in [-0.05, 0) is 0 Å². The third-order valence-electron chi connectivity index (χ3n) is 0. The van der Waals surface area contributed by atoms with E-state index in [4.69, 9.17) is 3.87 Å². The minimum Gasteiger partial charge on any atom is 0 e. The van der Waals surface area contributed by atoms with Crippen molar-refractivity contribution in [1.29, 1.82) is 0 Å². The third-order valence-corrected chi connectivity index (χ3v) is 0. The van der Waals surface area contributed by atoms with Crippen molar-refractivity contribution in [3.05, 3.63) is 0 Å². The third kappa shape index (κ3) is 302. The summed E-state index contributed by atoms with van der Waals surface area (Å²) in [6.07, 6.45) is 0. The predicted molar refractivity (Wildman–Crippen MR) is 4.12 cm³/mol. The van der Waals surface area contributed by atoms with E-state index in [1.165, 1.54) is 0 Å². The van der Waals surface area contributed by atoms with Gasteiger partial charge >= 0.3 is 19.5 Å². The molecule has 0 aromatic carbocycles. The van der Waals surface area contributed by atoms with Crippen LogP contribution in [0.25, 0.3) is 0 Å². The fourth-order valence-electron chi connectivity index (χ4n) is 0. The van der Waals surface area contributed by atoms with Gasteiger partial charge in [0.25, 0.3) is 0 Å². The molecule has 0 aromatic heterocycles.